The van der Waals surface area contributed by atoms with Gasteiger partial charge in [0, 0.05) is 6.61 Å². The first kappa shape index (κ1) is 36.9. The quantitative estimate of drug-likeness (QED) is 0.105. The summed E-state index contributed by atoms with van der Waals surface area (Å²) in [7, 11) is 0. The normalized spacial score (nSPS) is 15.3. The summed E-state index contributed by atoms with van der Waals surface area (Å²) in [6.45, 7) is 10.6. The van der Waals surface area contributed by atoms with Crippen LogP contribution in [0.25, 0.3) is 0 Å². The van der Waals surface area contributed by atoms with Gasteiger partial charge in [-0.05, 0) is 49.8 Å². The number of aryl methyl sites for hydroxylation is 1. The molecule has 9 nitrogen and oxygen atoms in total. The molecule has 1 aromatic rings. The molecule has 1 aliphatic heterocycles. The van der Waals surface area contributed by atoms with E-state index in [0.29, 0.717) is 92.5 Å². The second-order valence-electron chi connectivity index (χ2n) is 10.4. The van der Waals surface area contributed by atoms with Crippen LogP contribution in [0.5, 0.6) is 5.75 Å². The van der Waals surface area contributed by atoms with Gasteiger partial charge < -0.3 is 42.6 Å². The van der Waals surface area contributed by atoms with E-state index in [9.17, 15) is 0 Å². The van der Waals surface area contributed by atoms with Gasteiger partial charge in [-0.3, -0.25) is 0 Å². The number of hydrogen-bond donors (Lipinski definition) is 0. The van der Waals surface area contributed by atoms with Crippen LogP contribution in [-0.2, 0) is 44.3 Å². The van der Waals surface area contributed by atoms with Crippen LogP contribution in [0, 0.1) is 0 Å². The van der Waals surface area contributed by atoms with Crippen molar-refractivity contribution in [3.05, 3.63) is 29.8 Å². The molecular weight excluding hydrogens is 540 g/mol. The van der Waals surface area contributed by atoms with Gasteiger partial charge in [0.2, 0.25) is 0 Å². The molecule has 0 N–H and O–H groups in total. The van der Waals surface area contributed by atoms with Gasteiger partial charge in [-0.15, -0.1) is 0 Å². The van der Waals surface area contributed by atoms with Crippen molar-refractivity contribution in [3.8, 4) is 5.75 Å². The van der Waals surface area contributed by atoms with Crippen molar-refractivity contribution in [2.24, 2.45) is 0 Å². The van der Waals surface area contributed by atoms with Crippen molar-refractivity contribution in [3.63, 3.8) is 0 Å². The predicted octanol–water partition coefficient (Wildman–Crippen LogP) is 5.61. The maximum Gasteiger partial charge on any atom is 0.157 e. The van der Waals surface area contributed by atoms with E-state index < -0.39 is 0 Å². The summed E-state index contributed by atoms with van der Waals surface area (Å²) in [5, 5.41) is 0. The SMILES string of the molecule is CCCCCCCCc1ccc(OCCOCCOCCOCCOCCOCCOCCOC2CCCCO2)cc1. The Morgan fingerprint density at radius 2 is 1.07 bits per heavy atom. The van der Waals surface area contributed by atoms with Crippen molar-refractivity contribution in [1.29, 1.82) is 0 Å². The topological polar surface area (TPSA) is 83.1 Å². The monoisotopic (exact) mass is 598 g/mol. The number of benzene rings is 1. The van der Waals surface area contributed by atoms with Gasteiger partial charge in [0.25, 0.3) is 0 Å². The van der Waals surface area contributed by atoms with Crippen molar-refractivity contribution in [1.82, 2.24) is 0 Å². The highest BCUT2D eigenvalue weighted by Gasteiger charge is 2.13. The van der Waals surface area contributed by atoms with E-state index >= 15 is 0 Å². The van der Waals surface area contributed by atoms with Crippen LogP contribution in [-0.4, -0.2) is 105 Å². The molecule has 0 amide bonds. The zero-order valence-corrected chi connectivity index (χ0v) is 26.2. The minimum Gasteiger partial charge on any atom is -0.491 e. The Kier molecular flexibility index (Phi) is 25.0. The van der Waals surface area contributed by atoms with Crippen LogP contribution in [0.1, 0.15) is 70.3 Å². The van der Waals surface area contributed by atoms with Crippen LogP contribution < -0.4 is 4.74 Å². The van der Waals surface area contributed by atoms with Crippen LogP contribution >= 0.6 is 0 Å². The lowest BCUT2D eigenvalue weighted by Gasteiger charge is -2.22. The second kappa shape index (κ2) is 28.5. The molecule has 1 fully saturated rings. The highest BCUT2D eigenvalue weighted by Crippen LogP contribution is 2.15. The molecule has 0 bridgehead atoms. The number of rotatable bonds is 30. The first-order chi connectivity index (χ1) is 20.9. The standard InChI is InChI=1S/C33H58O9/c1-2-3-4-5-6-7-10-31-12-14-32(15-13-31)40-29-27-38-25-23-36-21-19-34-17-18-35-20-22-37-24-26-39-28-30-42-33-11-8-9-16-41-33/h12-15,33H,2-11,16-30H2,1H3. The molecule has 1 unspecified atom stereocenters. The lowest BCUT2D eigenvalue weighted by Crippen LogP contribution is -2.24. The molecule has 2 rings (SSSR count). The third kappa shape index (κ3) is 22.3. The molecule has 0 saturated carbocycles. The van der Waals surface area contributed by atoms with Crippen LogP contribution in [0.15, 0.2) is 24.3 Å². The summed E-state index contributed by atoms with van der Waals surface area (Å²) in [4.78, 5) is 0. The summed E-state index contributed by atoms with van der Waals surface area (Å²) >= 11 is 0. The highest BCUT2D eigenvalue weighted by molar-refractivity contribution is 5.27. The fourth-order valence-corrected chi connectivity index (χ4v) is 4.36. The van der Waals surface area contributed by atoms with Gasteiger partial charge in [-0.2, -0.15) is 0 Å². The van der Waals surface area contributed by atoms with E-state index in [4.69, 9.17) is 42.6 Å². The van der Waals surface area contributed by atoms with Crippen molar-refractivity contribution in [2.75, 3.05) is 99.1 Å². The van der Waals surface area contributed by atoms with Gasteiger partial charge in [0.1, 0.15) is 12.4 Å². The average molecular weight is 599 g/mol. The van der Waals surface area contributed by atoms with E-state index in [1.807, 2.05) is 0 Å². The molecule has 9 heteroatoms. The fourth-order valence-electron chi connectivity index (χ4n) is 4.36. The fraction of sp³-hybridized carbons (Fsp3) is 0.818. The van der Waals surface area contributed by atoms with E-state index in [1.165, 1.54) is 50.5 Å². The number of unbranched alkanes of at least 4 members (excludes halogenated alkanes) is 5. The first-order valence-corrected chi connectivity index (χ1v) is 16.3. The average Bonchev–Trinajstić information content (AvgIpc) is 3.02. The summed E-state index contributed by atoms with van der Waals surface area (Å²) in [5.74, 6) is 0.891. The second-order valence-corrected chi connectivity index (χ2v) is 10.4. The molecule has 1 saturated heterocycles. The maximum atomic E-state index is 5.77. The van der Waals surface area contributed by atoms with Gasteiger partial charge in [0.05, 0.1) is 85.9 Å². The molecule has 42 heavy (non-hydrogen) atoms. The molecule has 1 heterocycles. The summed E-state index contributed by atoms with van der Waals surface area (Å²) in [5.41, 5.74) is 1.38. The molecule has 1 aliphatic rings. The highest BCUT2D eigenvalue weighted by atomic mass is 16.7. The third-order valence-corrected chi connectivity index (χ3v) is 6.77. The Labute approximate surface area is 254 Å². The lowest BCUT2D eigenvalue weighted by molar-refractivity contribution is -0.169. The Morgan fingerprint density at radius 3 is 1.60 bits per heavy atom. The molecule has 0 spiro atoms. The number of ether oxygens (including phenoxy) is 9. The molecular formula is C33H58O9. The molecule has 0 aliphatic carbocycles. The zero-order chi connectivity index (χ0) is 29.6. The van der Waals surface area contributed by atoms with Crippen LogP contribution in [0.4, 0.5) is 0 Å². The largest absolute Gasteiger partial charge is 0.491 e. The Balaban J connectivity index is 1.22. The van der Waals surface area contributed by atoms with Crippen LogP contribution in [0.2, 0.25) is 0 Å². The molecule has 1 aromatic carbocycles. The Hall–Kier alpha value is -1.30. The van der Waals surface area contributed by atoms with E-state index in [0.717, 1.165) is 31.6 Å². The lowest BCUT2D eigenvalue weighted by atomic mass is 10.0. The summed E-state index contributed by atoms with van der Waals surface area (Å²) < 4.78 is 50.0. The zero-order valence-electron chi connectivity index (χ0n) is 26.2. The summed E-state index contributed by atoms with van der Waals surface area (Å²) in [6.07, 6.45) is 12.3. The van der Waals surface area contributed by atoms with Crippen molar-refractivity contribution >= 4 is 0 Å². The van der Waals surface area contributed by atoms with E-state index in [2.05, 4.69) is 31.2 Å². The predicted molar refractivity (Wildman–Crippen MR) is 163 cm³/mol. The number of hydrogen-bond acceptors (Lipinski definition) is 9. The molecule has 1 atom stereocenters. The van der Waals surface area contributed by atoms with Gasteiger partial charge in [0.15, 0.2) is 6.29 Å². The first-order valence-electron chi connectivity index (χ1n) is 16.3. The van der Waals surface area contributed by atoms with E-state index in [-0.39, 0.29) is 6.29 Å². The van der Waals surface area contributed by atoms with Crippen molar-refractivity contribution in [2.45, 2.75) is 77.4 Å². The van der Waals surface area contributed by atoms with E-state index in [1.54, 1.807) is 0 Å². The summed E-state index contributed by atoms with van der Waals surface area (Å²) in [6, 6.07) is 8.45. The van der Waals surface area contributed by atoms with Crippen LogP contribution in [0.3, 0.4) is 0 Å². The van der Waals surface area contributed by atoms with Crippen molar-refractivity contribution < 1.29 is 42.6 Å². The third-order valence-electron chi connectivity index (χ3n) is 6.77. The molecule has 244 valence electrons. The minimum absolute atomic E-state index is 0.0585. The smallest absolute Gasteiger partial charge is 0.157 e. The van der Waals surface area contributed by atoms with Gasteiger partial charge in [-0.1, -0.05) is 51.2 Å². The Morgan fingerprint density at radius 1 is 0.571 bits per heavy atom. The molecule has 0 radical (unpaired) electrons. The minimum atomic E-state index is -0.0585. The van der Waals surface area contributed by atoms with Gasteiger partial charge in [-0.25, -0.2) is 0 Å². The molecule has 0 aromatic heterocycles. The maximum absolute atomic E-state index is 5.77. The van der Waals surface area contributed by atoms with Gasteiger partial charge >= 0.3 is 0 Å². The Bertz CT molecular complexity index is 683.